The van der Waals surface area contributed by atoms with Crippen molar-refractivity contribution in [3.05, 3.63) is 94.0 Å². The minimum Gasteiger partial charge on any atom is -0.325 e. The van der Waals surface area contributed by atoms with Crippen LogP contribution in [-0.4, -0.2) is 25.2 Å². The van der Waals surface area contributed by atoms with Crippen molar-refractivity contribution in [2.24, 2.45) is 0 Å². The Kier molecular flexibility index (Phi) is 7.16. The number of nitrogens with one attached hydrogen (secondary N) is 1. The zero-order valence-corrected chi connectivity index (χ0v) is 20.1. The van der Waals surface area contributed by atoms with Crippen molar-refractivity contribution in [1.82, 2.24) is 4.31 Å². The number of carbonyl (C=O) groups is 1. The highest BCUT2D eigenvalue weighted by Gasteiger charge is 2.30. The van der Waals surface area contributed by atoms with Gasteiger partial charge in [0.25, 0.3) is 0 Å². The molecule has 0 bridgehead atoms. The van der Waals surface area contributed by atoms with Crippen LogP contribution in [0.2, 0.25) is 0 Å². The molecule has 1 amide bonds. The van der Waals surface area contributed by atoms with E-state index >= 15 is 0 Å². The molecule has 3 aromatic carbocycles. The van der Waals surface area contributed by atoms with Gasteiger partial charge in [-0.3, -0.25) is 4.79 Å². The second-order valence-corrected chi connectivity index (χ2v) is 10.2. The molecule has 0 aliphatic heterocycles. The average molecular weight is 451 g/mol. The molecule has 0 fully saturated rings. The van der Waals surface area contributed by atoms with E-state index in [0.717, 1.165) is 22.3 Å². The van der Waals surface area contributed by atoms with E-state index in [0.29, 0.717) is 16.8 Å². The van der Waals surface area contributed by atoms with Crippen LogP contribution in [0.5, 0.6) is 0 Å². The van der Waals surface area contributed by atoms with Crippen molar-refractivity contribution >= 4 is 21.6 Å². The van der Waals surface area contributed by atoms with E-state index in [1.807, 2.05) is 81.4 Å². The molecule has 0 aliphatic carbocycles. The zero-order valence-electron chi connectivity index (χ0n) is 19.3. The van der Waals surface area contributed by atoms with E-state index in [2.05, 4.69) is 5.32 Å². The van der Waals surface area contributed by atoms with E-state index < -0.39 is 10.0 Å². The Morgan fingerprint density at radius 2 is 1.41 bits per heavy atom. The number of amides is 1. The first kappa shape index (κ1) is 23.7. The van der Waals surface area contributed by atoms with Gasteiger partial charge in [-0.25, -0.2) is 8.42 Å². The quantitative estimate of drug-likeness (QED) is 0.547. The molecule has 0 atom stereocenters. The lowest BCUT2D eigenvalue weighted by Crippen LogP contribution is -2.38. The van der Waals surface area contributed by atoms with Crippen LogP contribution in [0.4, 0.5) is 5.69 Å². The monoisotopic (exact) mass is 450 g/mol. The second kappa shape index (κ2) is 9.67. The lowest BCUT2D eigenvalue weighted by Gasteiger charge is -2.24. The van der Waals surface area contributed by atoms with Gasteiger partial charge >= 0.3 is 0 Å². The average Bonchev–Trinajstić information content (AvgIpc) is 2.69. The normalized spacial score (nSPS) is 11.6. The van der Waals surface area contributed by atoms with Gasteiger partial charge in [-0.1, -0.05) is 65.7 Å². The molecule has 3 aromatic rings. The van der Waals surface area contributed by atoms with E-state index in [9.17, 15) is 13.2 Å². The number of benzene rings is 3. The van der Waals surface area contributed by atoms with E-state index in [1.54, 1.807) is 13.8 Å². The first-order valence-electron chi connectivity index (χ1n) is 10.6. The van der Waals surface area contributed by atoms with E-state index in [-0.39, 0.29) is 23.9 Å². The number of nitrogens with zero attached hydrogens (tertiary/aromatic N) is 1. The third kappa shape index (κ3) is 5.44. The molecular formula is C26H30N2O3S. The fourth-order valence-electron chi connectivity index (χ4n) is 4.02. The Bertz CT molecular complexity index is 1210. The Labute approximate surface area is 191 Å². The summed E-state index contributed by atoms with van der Waals surface area (Å²) in [5, 5.41) is 2.87. The summed E-state index contributed by atoms with van der Waals surface area (Å²) >= 11 is 0. The largest absolute Gasteiger partial charge is 0.325 e. The molecule has 32 heavy (non-hydrogen) atoms. The predicted octanol–water partition coefficient (Wildman–Crippen LogP) is 5.06. The summed E-state index contributed by atoms with van der Waals surface area (Å²) < 4.78 is 28.7. The lowest BCUT2D eigenvalue weighted by molar-refractivity contribution is -0.116. The van der Waals surface area contributed by atoms with Crippen LogP contribution >= 0.6 is 0 Å². The Morgan fingerprint density at radius 3 is 2.00 bits per heavy atom. The molecular weight excluding hydrogens is 420 g/mol. The van der Waals surface area contributed by atoms with Crippen molar-refractivity contribution in [2.75, 3.05) is 11.9 Å². The Morgan fingerprint density at radius 1 is 0.812 bits per heavy atom. The van der Waals surface area contributed by atoms with Crippen molar-refractivity contribution in [2.45, 2.75) is 46.1 Å². The number of rotatable bonds is 7. The van der Waals surface area contributed by atoms with Crippen LogP contribution in [0.3, 0.4) is 0 Å². The van der Waals surface area contributed by atoms with Crippen LogP contribution < -0.4 is 5.32 Å². The molecule has 0 heterocycles. The zero-order chi connectivity index (χ0) is 23.5. The molecule has 3 rings (SSSR count). The SMILES string of the molecule is Cc1ccc(NC(=O)CN(Cc2ccccc2)S(=O)(=O)c2c(C)cc(C)cc2C)c(C)c1. The maximum atomic E-state index is 13.7. The maximum Gasteiger partial charge on any atom is 0.244 e. The molecule has 5 nitrogen and oxygen atoms in total. The molecule has 0 aliphatic rings. The first-order valence-corrected chi connectivity index (χ1v) is 12.0. The van der Waals surface area contributed by atoms with Crippen molar-refractivity contribution in [3.63, 3.8) is 0 Å². The van der Waals surface area contributed by atoms with Gasteiger partial charge in [0.15, 0.2) is 0 Å². The van der Waals surface area contributed by atoms with Crippen molar-refractivity contribution in [3.8, 4) is 0 Å². The third-order valence-corrected chi connectivity index (χ3v) is 7.48. The highest BCUT2D eigenvalue weighted by atomic mass is 32.2. The van der Waals surface area contributed by atoms with Gasteiger partial charge in [0.05, 0.1) is 11.4 Å². The topological polar surface area (TPSA) is 66.5 Å². The minimum absolute atomic E-state index is 0.107. The summed E-state index contributed by atoms with van der Waals surface area (Å²) in [5.41, 5.74) is 5.88. The molecule has 0 unspecified atom stereocenters. The van der Waals surface area contributed by atoms with Gasteiger partial charge in [0, 0.05) is 12.2 Å². The number of hydrogen-bond acceptors (Lipinski definition) is 3. The van der Waals surface area contributed by atoms with Gasteiger partial charge in [-0.2, -0.15) is 4.31 Å². The maximum absolute atomic E-state index is 13.7. The van der Waals surface area contributed by atoms with Crippen LogP contribution in [0, 0.1) is 34.6 Å². The van der Waals surface area contributed by atoms with Gasteiger partial charge in [-0.15, -0.1) is 0 Å². The summed E-state index contributed by atoms with van der Waals surface area (Å²) in [6.07, 6.45) is 0. The number of hydrogen-bond donors (Lipinski definition) is 1. The Balaban J connectivity index is 1.96. The predicted molar refractivity (Wildman–Crippen MR) is 129 cm³/mol. The van der Waals surface area contributed by atoms with Crippen LogP contribution in [0.25, 0.3) is 0 Å². The van der Waals surface area contributed by atoms with E-state index in [4.69, 9.17) is 0 Å². The van der Waals surface area contributed by atoms with Gasteiger partial charge < -0.3 is 5.32 Å². The summed E-state index contributed by atoms with van der Waals surface area (Å²) in [5.74, 6) is -0.376. The highest BCUT2D eigenvalue weighted by Crippen LogP contribution is 2.27. The molecule has 0 saturated heterocycles. The lowest BCUT2D eigenvalue weighted by atomic mass is 10.1. The standard InChI is InChI=1S/C26H30N2O3S/c1-18-11-12-24(20(3)13-18)27-25(29)17-28(16-23-9-7-6-8-10-23)32(30,31)26-21(4)14-19(2)15-22(26)5/h6-15H,16-17H2,1-5H3,(H,27,29). The van der Waals surface area contributed by atoms with Gasteiger partial charge in [-0.05, 0) is 62.9 Å². The highest BCUT2D eigenvalue weighted by molar-refractivity contribution is 7.89. The molecule has 0 radical (unpaired) electrons. The molecule has 1 N–H and O–H groups in total. The van der Waals surface area contributed by atoms with Crippen LogP contribution in [0.15, 0.2) is 65.6 Å². The molecule has 6 heteroatoms. The fraction of sp³-hybridized carbons (Fsp3) is 0.269. The summed E-state index contributed by atoms with van der Waals surface area (Å²) in [7, 11) is -3.91. The number of carbonyl (C=O) groups excluding carboxylic acids is 1. The molecule has 0 saturated carbocycles. The van der Waals surface area contributed by atoms with Gasteiger partial charge in [0.2, 0.25) is 15.9 Å². The minimum atomic E-state index is -3.91. The van der Waals surface area contributed by atoms with Crippen molar-refractivity contribution < 1.29 is 13.2 Å². The van der Waals surface area contributed by atoms with Crippen molar-refractivity contribution in [1.29, 1.82) is 0 Å². The Hall–Kier alpha value is -2.96. The van der Waals surface area contributed by atoms with Gasteiger partial charge in [0.1, 0.15) is 0 Å². The first-order chi connectivity index (χ1) is 15.1. The smallest absolute Gasteiger partial charge is 0.244 e. The third-order valence-electron chi connectivity index (χ3n) is 5.38. The number of anilines is 1. The molecule has 0 spiro atoms. The fourth-order valence-corrected chi connectivity index (χ4v) is 5.82. The van der Waals surface area contributed by atoms with Crippen LogP contribution in [-0.2, 0) is 21.4 Å². The number of aryl methyl sites for hydroxylation is 5. The molecule has 0 aromatic heterocycles. The second-order valence-electron chi connectivity index (χ2n) is 8.35. The number of sulfonamides is 1. The summed E-state index contributed by atoms with van der Waals surface area (Å²) in [4.78, 5) is 13.2. The van der Waals surface area contributed by atoms with E-state index in [1.165, 1.54) is 4.31 Å². The summed E-state index contributed by atoms with van der Waals surface area (Å²) in [6.45, 7) is 9.26. The molecule has 168 valence electrons. The summed E-state index contributed by atoms with van der Waals surface area (Å²) in [6, 6.07) is 18.8. The van der Waals surface area contributed by atoms with Crippen LogP contribution in [0.1, 0.15) is 33.4 Å².